The van der Waals surface area contributed by atoms with Crippen LogP contribution in [0.5, 0.6) is 5.75 Å². The Kier molecular flexibility index (Phi) is 5.31. The van der Waals surface area contributed by atoms with Crippen LogP contribution >= 0.6 is 0 Å². The highest BCUT2D eigenvalue weighted by atomic mass is 16.5. The van der Waals surface area contributed by atoms with E-state index in [-0.39, 0.29) is 17.9 Å². The molecule has 0 radical (unpaired) electrons. The standard InChI is InChI=1S/C18H26N4O3/c1-25-16-7-6-14(11-15(16)19)20-17(23)13-5-4-10-22(12-13)18(24)21-8-2-3-9-21/h6-7,11,13H,2-5,8-10,12,19H2,1H3,(H,20,23). The summed E-state index contributed by atoms with van der Waals surface area (Å²) in [5.74, 6) is 0.324. The molecule has 0 saturated carbocycles. The molecule has 2 saturated heterocycles. The first kappa shape index (κ1) is 17.4. The van der Waals surface area contributed by atoms with Crippen LogP contribution in [0.2, 0.25) is 0 Å². The van der Waals surface area contributed by atoms with Gasteiger partial charge in [0.1, 0.15) is 5.75 Å². The lowest BCUT2D eigenvalue weighted by molar-refractivity contribution is -0.121. The van der Waals surface area contributed by atoms with E-state index >= 15 is 0 Å². The Hall–Kier alpha value is -2.44. The summed E-state index contributed by atoms with van der Waals surface area (Å²) >= 11 is 0. The molecule has 3 N–H and O–H groups in total. The van der Waals surface area contributed by atoms with Gasteiger partial charge in [-0.1, -0.05) is 0 Å². The number of nitrogen functional groups attached to an aromatic ring is 1. The fourth-order valence-electron chi connectivity index (χ4n) is 3.53. The molecule has 0 bridgehead atoms. The summed E-state index contributed by atoms with van der Waals surface area (Å²) in [4.78, 5) is 28.8. The molecule has 1 unspecified atom stereocenters. The van der Waals surface area contributed by atoms with Crippen molar-refractivity contribution < 1.29 is 14.3 Å². The van der Waals surface area contributed by atoms with Crippen LogP contribution in [0.4, 0.5) is 16.2 Å². The van der Waals surface area contributed by atoms with Gasteiger partial charge in [-0.05, 0) is 43.9 Å². The Labute approximate surface area is 148 Å². The van der Waals surface area contributed by atoms with Crippen LogP contribution < -0.4 is 15.8 Å². The normalized spacial score (nSPS) is 20.4. The van der Waals surface area contributed by atoms with Crippen molar-refractivity contribution in [2.45, 2.75) is 25.7 Å². The number of rotatable bonds is 3. The fraction of sp³-hybridized carbons (Fsp3) is 0.556. The number of nitrogens with zero attached hydrogens (tertiary/aromatic N) is 2. The predicted molar refractivity (Wildman–Crippen MR) is 96.5 cm³/mol. The second kappa shape index (κ2) is 7.63. The first-order valence-electron chi connectivity index (χ1n) is 8.86. The van der Waals surface area contributed by atoms with E-state index in [0.717, 1.165) is 45.3 Å². The molecule has 0 aromatic heterocycles. The van der Waals surface area contributed by atoms with Gasteiger partial charge in [0.15, 0.2) is 0 Å². The number of hydrogen-bond donors (Lipinski definition) is 2. The smallest absolute Gasteiger partial charge is 0.320 e. The number of nitrogens with two attached hydrogens (primary N) is 1. The maximum atomic E-state index is 12.6. The molecule has 0 spiro atoms. The number of methoxy groups -OCH3 is 1. The minimum Gasteiger partial charge on any atom is -0.495 e. The van der Waals surface area contributed by atoms with Gasteiger partial charge in [0, 0.05) is 31.9 Å². The van der Waals surface area contributed by atoms with Crippen molar-refractivity contribution >= 4 is 23.3 Å². The van der Waals surface area contributed by atoms with Crippen LogP contribution in [-0.4, -0.2) is 55.0 Å². The third kappa shape index (κ3) is 3.97. The zero-order chi connectivity index (χ0) is 17.8. The summed E-state index contributed by atoms with van der Waals surface area (Å²) in [6.07, 6.45) is 3.79. The van der Waals surface area contributed by atoms with Crippen LogP contribution in [-0.2, 0) is 4.79 Å². The maximum Gasteiger partial charge on any atom is 0.320 e. The summed E-state index contributed by atoms with van der Waals surface area (Å²) in [5.41, 5.74) is 7.01. The number of nitrogens with one attached hydrogen (secondary N) is 1. The molecule has 3 rings (SSSR count). The van der Waals surface area contributed by atoms with Crippen LogP contribution in [0.15, 0.2) is 18.2 Å². The van der Waals surface area contributed by atoms with E-state index in [9.17, 15) is 9.59 Å². The SMILES string of the molecule is COc1ccc(NC(=O)C2CCCN(C(=O)N3CCCC3)C2)cc1N. The molecule has 2 aliphatic heterocycles. The second-order valence-corrected chi connectivity index (χ2v) is 6.71. The highest BCUT2D eigenvalue weighted by molar-refractivity contribution is 5.93. The average molecular weight is 346 g/mol. The summed E-state index contributed by atoms with van der Waals surface area (Å²) in [5, 5.41) is 2.91. The van der Waals surface area contributed by atoms with Crippen molar-refractivity contribution in [2.75, 3.05) is 44.3 Å². The van der Waals surface area contributed by atoms with Gasteiger partial charge < -0.3 is 25.6 Å². The molecule has 1 aromatic rings. The number of amides is 3. The van der Waals surface area contributed by atoms with Gasteiger partial charge in [-0.25, -0.2) is 4.79 Å². The molecule has 1 aromatic carbocycles. The minimum atomic E-state index is -0.191. The highest BCUT2D eigenvalue weighted by Gasteiger charge is 2.31. The molecule has 0 aliphatic carbocycles. The van der Waals surface area contributed by atoms with E-state index in [1.165, 1.54) is 0 Å². The van der Waals surface area contributed by atoms with Crippen molar-refractivity contribution in [3.63, 3.8) is 0 Å². The zero-order valence-corrected chi connectivity index (χ0v) is 14.7. The number of anilines is 2. The average Bonchev–Trinajstić information content (AvgIpc) is 3.16. The lowest BCUT2D eigenvalue weighted by atomic mass is 9.97. The Morgan fingerprint density at radius 2 is 1.88 bits per heavy atom. The van der Waals surface area contributed by atoms with E-state index in [1.54, 1.807) is 25.3 Å². The highest BCUT2D eigenvalue weighted by Crippen LogP contribution is 2.26. The Morgan fingerprint density at radius 1 is 1.16 bits per heavy atom. The largest absolute Gasteiger partial charge is 0.495 e. The van der Waals surface area contributed by atoms with Gasteiger partial charge in [-0.3, -0.25) is 4.79 Å². The van der Waals surface area contributed by atoms with E-state index < -0.39 is 0 Å². The Morgan fingerprint density at radius 3 is 2.56 bits per heavy atom. The first-order chi connectivity index (χ1) is 12.1. The topological polar surface area (TPSA) is 87.9 Å². The number of benzene rings is 1. The number of urea groups is 1. The Balaban J connectivity index is 1.59. The van der Waals surface area contributed by atoms with E-state index in [2.05, 4.69) is 5.32 Å². The van der Waals surface area contributed by atoms with Gasteiger partial charge in [-0.15, -0.1) is 0 Å². The Bertz CT molecular complexity index is 643. The van der Waals surface area contributed by atoms with E-state index in [4.69, 9.17) is 10.5 Å². The van der Waals surface area contributed by atoms with Crippen LogP contribution in [0, 0.1) is 5.92 Å². The van der Waals surface area contributed by atoms with Crippen LogP contribution in [0.25, 0.3) is 0 Å². The van der Waals surface area contributed by atoms with Gasteiger partial charge in [-0.2, -0.15) is 0 Å². The molecule has 3 amide bonds. The number of carbonyl (C=O) groups is 2. The maximum absolute atomic E-state index is 12.6. The monoisotopic (exact) mass is 346 g/mol. The molecule has 2 fully saturated rings. The molecule has 25 heavy (non-hydrogen) atoms. The molecular formula is C18H26N4O3. The lowest BCUT2D eigenvalue weighted by Gasteiger charge is -2.34. The predicted octanol–water partition coefficient (Wildman–Crippen LogP) is 2.14. The van der Waals surface area contributed by atoms with Gasteiger partial charge in [0.05, 0.1) is 18.7 Å². The summed E-state index contributed by atoms with van der Waals surface area (Å²) in [6, 6.07) is 5.26. The quantitative estimate of drug-likeness (QED) is 0.821. The third-order valence-corrected chi connectivity index (χ3v) is 4.94. The summed E-state index contributed by atoms with van der Waals surface area (Å²) in [6.45, 7) is 2.87. The lowest BCUT2D eigenvalue weighted by Crippen LogP contribution is -2.48. The fourth-order valence-corrected chi connectivity index (χ4v) is 3.53. The molecular weight excluding hydrogens is 320 g/mol. The summed E-state index contributed by atoms with van der Waals surface area (Å²) in [7, 11) is 1.55. The first-order valence-corrected chi connectivity index (χ1v) is 8.86. The van der Waals surface area contributed by atoms with Crippen molar-refractivity contribution in [2.24, 2.45) is 5.92 Å². The van der Waals surface area contributed by atoms with Gasteiger partial charge >= 0.3 is 6.03 Å². The molecule has 2 aliphatic rings. The van der Waals surface area contributed by atoms with Gasteiger partial charge in [0.25, 0.3) is 0 Å². The number of ether oxygens (including phenoxy) is 1. The third-order valence-electron chi connectivity index (χ3n) is 4.94. The van der Waals surface area contributed by atoms with Crippen molar-refractivity contribution in [3.05, 3.63) is 18.2 Å². The van der Waals surface area contributed by atoms with Crippen LogP contribution in [0.1, 0.15) is 25.7 Å². The molecule has 7 heteroatoms. The molecule has 1 atom stereocenters. The number of hydrogen-bond acceptors (Lipinski definition) is 4. The minimum absolute atomic E-state index is 0.0662. The number of carbonyl (C=O) groups excluding carboxylic acids is 2. The van der Waals surface area contributed by atoms with Crippen molar-refractivity contribution in [3.8, 4) is 5.75 Å². The number of piperidine rings is 1. The van der Waals surface area contributed by atoms with E-state index in [1.807, 2.05) is 9.80 Å². The summed E-state index contributed by atoms with van der Waals surface area (Å²) < 4.78 is 5.12. The van der Waals surface area contributed by atoms with Crippen molar-refractivity contribution in [1.82, 2.24) is 9.80 Å². The molecule has 136 valence electrons. The second-order valence-electron chi connectivity index (χ2n) is 6.71. The van der Waals surface area contributed by atoms with Gasteiger partial charge in [0.2, 0.25) is 5.91 Å². The molecule has 2 heterocycles. The number of likely N-dealkylation sites (tertiary alicyclic amines) is 2. The van der Waals surface area contributed by atoms with E-state index in [0.29, 0.717) is 23.7 Å². The molecule has 7 nitrogen and oxygen atoms in total. The van der Waals surface area contributed by atoms with Crippen LogP contribution in [0.3, 0.4) is 0 Å². The van der Waals surface area contributed by atoms with Crippen molar-refractivity contribution in [1.29, 1.82) is 0 Å². The zero-order valence-electron chi connectivity index (χ0n) is 14.7.